The fraction of sp³-hybridized carbons (Fsp3) is 0.636. The molecule has 7 nitrogen and oxygen atoms in total. The molecule has 0 radical (unpaired) electrons. The van der Waals surface area contributed by atoms with Gasteiger partial charge in [0, 0.05) is 12.7 Å². The van der Waals surface area contributed by atoms with Crippen LogP contribution < -0.4 is 4.72 Å². The summed E-state index contributed by atoms with van der Waals surface area (Å²) >= 11 is 0. The summed E-state index contributed by atoms with van der Waals surface area (Å²) in [6.45, 7) is 6.04. The van der Waals surface area contributed by atoms with E-state index in [0.717, 1.165) is 0 Å². The standard InChI is InChI=1S/C11H19N3O4S/c1-4-14-7-9(6-12-14)19(17,18)13-10(11(15)16)5-8(2)3/h6-8,10,13H,4-5H2,1-3H3,(H,15,16). The van der Waals surface area contributed by atoms with Gasteiger partial charge < -0.3 is 5.11 Å². The number of carboxylic acid groups (broad SMARTS) is 1. The zero-order chi connectivity index (χ0) is 14.6. The molecule has 0 saturated carbocycles. The molecule has 0 aromatic carbocycles. The molecule has 1 unspecified atom stereocenters. The molecule has 0 amide bonds. The summed E-state index contributed by atoms with van der Waals surface area (Å²) < 4.78 is 27.7. The molecule has 1 heterocycles. The summed E-state index contributed by atoms with van der Waals surface area (Å²) in [5, 5.41) is 12.9. The molecule has 0 aliphatic heterocycles. The van der Waals surface area contributed by atoms with Crippen LogP contribution in [0.5, 0.6) is 0 Å². The molecule has 0 aliphatic rings. The van der Waals surface area contributed by atoms with Crippen LogP contribution in [0.1, 0.15) is 27.2 Å². The number of nitrogens with zero attached hydrogens (tertiary/aromatic N) is 2. The lowest BCUT2D eigenvalue weighted by Gasteiger charge is -2.15. The van der Waals surface area contributed by atoms with Crippen molar-refractivity contribution in [1.82, 2.24) is 14.5 Å². The lowest BCUT2D eigenvalue weighted by atomic mass is 10.1. The van der Waals surface area contributed by atoms with E-state index in [2.05, 4.69) is 9.82 Å². The van der Waals surface area contributed by atoms with E-state index in [1.807, 2.05) is 20.8 Å². The van der Waals surface area contributed by atoms with Crippen LogP contribution in [-0.2, 0) is 21.4 Å². The van der Waals surface area contributed by atoms with Gasteiger partial charge in [-0.25, -0.2) is 8.42 Å². The molecule has 0 bridgehead atoms. The number of aliphatic carboxylic acids is 1. The van der Waals surface area contributed by atoms with Crippen molar-refractivity contribution in [2.24, 2.45) is 5.92 Å². The van der Waals surface area contributed by atoms with Crippen molar-refractivity contribution >= 4 is 16.0 Å². The van der Waals surface area contributed by atoms with Crippen molar-refractivity contribution in [2.45, 2.75) is 44.7 Å². The molecule has 108 valence electrons. The first kappa shape index (κ1) is 15.6. The van der Waals surface area contributed by atoms with Crippen LogP contribution >= 0.6 is 0 Å². The maximum atomic E-state index is 12.0. The number of sulfonamides is 1. The predicted octanol–water partition coefficient (Wildman–Crippen LogP) is 0.681. The average Bonchev–Trinajstić information content (AvgIpc) is 2.76. The Labute approximate surface area is 112 Å². The number of aryl methyl sites for hydroxylation is 1. The molecular formula is C11H19N3O4S. The number of carboxylic acids is 1. The molecule has 0 fully saturated rings. The molecule has 1 rings (SSSR count). The van der Waals surface area contributed by atoms with Crippen molar-refractivity contribution in [1.29, 1.82) is 0 Å². The van der Waals surface area contributed by atoms with Gasteiger partial charge in [-0.2, -0.15) is 9.82 Å². The number of carbonyl (C=O) groups is 1. The Morgan fingerprint density at radius 3 is 2.58 bits per heavy atom. The highest BCUT2D eigenvalue weighted by atomic mass is 32.2. The fourth-order valence-electron chi connectivity index (χ4n) is 1.58. The third-order valence-corrected chi connectivity index (χ3v) is 3.97. The lowest BCUT2D eigenvalue weighted by Crippen LogP contribution is -2.41. The Bertz CT molecular complexity index is 536. The Balaban J connectivity index is 2.90. The second-order valence-electron chi connectivity index (χ2n) is 4.67. The summed E-state index contributed by atoms with van der Waals surface area (Å²) in [5.41, 5.74) is 0. The second kappa shape index (κ2) is 6.16. The van der Waals surface area contributed by atoms with Crippen LogP contribution in [0.15, 0.2) is 17.3 Å². The van der Waals surface area contributed by atoms with Gasteiger partial charge in [-0.1, -0.05) is 13.8 Å². The highest BCUT2D eigenvalue weighted by Gasteiger charge is 2.26. The molecule has 1 atom stereocenters. The van der Waals surface area contributed by atoms with Crippen LogP contribution in [0.4, 0.5) is 0 Å². The Hall–Kier alpha value is -1.41. The fourth-order valence-corrected chi connectivity index (χ4v) is 2.74. The third kappa shape index (κ3) is 4.32. The molecule has 0 saturated heterocycles. The topological polar surface area (TPSA) is 101 Å². The Morgan fingerprint density at radius 1 is 1.53 bits per heavy atom. The zero-order valence-corrected chi connectivity index (χ0v) is 12.0. The van der Waals surface area contributed by atoms with Crippen molar-refractivity contribution in [2.75, 3.05) is 0 Å². The predicted molar refractivity (Wildman–Crippen MR) is 69.1 cm³/mol. The average molecular weight is 289 g/mol. The van der Waals surface area contributed by atoms with E-state index in [9.17, 15) is 13.2 Å². The monoisotopic (exact) mass is 289 g/mol. The normalized spacial score (nSPS) is 13.7. The van der Waals surface area contributed by atoms with E-state index in [4.69, 9.17) is 5.11 Å². The molecule has 2 N–H and O–H groups in total. The molecule has 8 heteroatoms. The lowest BCUT2D eigenvalue weighted by molar-refractivity contribution is -0.139. The van der Waals surface area contributed by atoms with E-state index in [0.29, 0.717) is 6.54 Å². The smallest absolute Gasteiger partial charge is 0.321 e. The molecule has 19 heavy (non-hydrogen) atoms. The summed E-state index contributed by atoms with van der Waals surface area (Å²) in [4.78, 5) is 11.0. The van der Waals surface area contributed by atoms with E-state index >= 15 is 0 Å². The number of aromatic nitrogens is 2. The quantitative estimate of drug-likeness (QED) is 0.768. The first-order valence-corrected chi connectivity index (χ1v) is 7.52. The van der Waals surface area contributed by atoms with Gasteiger partial charge in [-0.15, -0.1) is 0 Å². The number of hydrogen-bond acceptors (Lipinski definition) is 4. The van der Waals surface area contributed by atoms with E-state index in [1.165, 1.54) is 17.1 Å². The van der Waals surface area contributed by atoms with Crippen molar-refractivity contribution < 1.29 is 18.3 Å². The second-order valence-corrected chi connectivity index (χ2v) is 6.39. The first-order valence-electron chi connectivity index (χ1n) is 6.03. The molecule has 1 aromatic heterocycles. The van der Waals surface area contributed by atoms with Crippen LogP contribution in [-0.4, -0.2) is 35.3 Å². The van der Waals surface area contributed by atoms with Gasteiger partial charge in [0.05, 0.1) is 6.20 Å². The van der Waals surface area contributed by atoms with E-state index in [-0.39, 0.29) is 17.2 Å². The molecular weight excluding hydrogens is 270 g/mol. The number of hydrogen-bond donors (Lipinski definition) is 2. The van der Waals surface area contributed by atoms with Gasteiger partial charge in [0.2, 0.25) is 10.0 Å². The Morgan fingerprint density at radius 2 is 2.16 bits per heavy atom. The summed E-state index contributed by atoms with van der Waals surface area (Å²) in [6.07, 6.45) is 2.81. The number of rotatable bonds is 7. The van der Waals surface area contributed by atoms with Crippen LogP contribution in [0.2, 0.25) is 0 Å². The van der Waals surface area contributed by atoms with Crippen LogP contribution in [0, 0.1) is 5.92 Å². The van der Waals surface area contributed by atoms with Gasteiger partial charge in [0.25, 0.3) is 0 Å². The molecule has 1 aromatic rings. The van der Waals surface area contributed by atoms with Gasteiger partial charge in [-0.05, 0) is 19.3 Å². The largest absolute Gasteiger partial charge is 0.480 e. The molecule has 0 spiro atoms. The van der Waals surface area contributed by atoms with Gasteiger partial charge in [-0.3, -0.25) is 9.48 Å². The van der Waals surface area contributed by atoms with E-state index in [1.54, 1.807) is 0 Å². The minimum absolute atomic E-state index is 0.0237. The van der Waals surface area contributed by atoms with Gasteiger partial charge in [0.15, 0.2) is 0 Å². The maximum Gasteiger partial charge on any atom is 0.321 e. The van der Waals surface area contributed by atoms with Gasteiger partial charge >= 0.3 is 5.97 Å². The highest BCUT2D eigenvalue weighted by molar-refractivity contribution is 7.89. The zero-order valence-electron chi connectivity index (χ0n) is 11.2. The van der Waals surface area contributed by atoms with Gasteiger partial charge in [0.1, 0.15) is 10.9 Å². The van der Waals surface area contributed by atoms with Crippen LogP contribution in [0.3, 0.4) is 0 Å². The summed E-state index contributed by atoms with van der Waals surface area (Å²) in [6, 6.07) is -1.13. The Kier molecular flexibility index (Phi) is 5.07. The SMILES string of the molecule is CCn1cc(S(=O)(=O)NC(CC(C)C)C(=O)O)cn1. The molecule has 0 aliphatic carbocycles. The minimum atomic E-state index is -3.85. The third-order valence-electron chi connectivity index (χ3n) is 2.55. The minimum Gasteiger partial charge on any atom is -0.480 e. The van der Waals surface area contributed by atoms with Crippen molar-refractivity contribution in [3.8, 4) is 0 Å². The van der Waals surface area contributed by atoms with E-state index < -0.39 is 22.0 Å². The highest BCUT2D eigenvalue weighted by Crippen LogP contribution is 2.11. The summed E-state index contributed by atoms with van der Waals surface area (Å²) in [7, 11) is -3.85. The van der Waals surface area contributed by atoms with Crippen molar-refractivity contribution in [3.05, 3.63) is 12.4 Å². The maximum absolute atomic E-state index is 12.0. The first-order chi connectivity index (χ1) is 8.76. The van der Waals surface area contributed by atoms with Crippen LogP contribution in [0.25, 0.3) is 0 Å². The van der Waals surface area contributed by atoms with Crippen molar-refractivity contribution in [3.63, 3.8) is 0 Å². The summed E-state index contributed by atoms with van der Waals surface area (Å²) in [5.74, 6) is -1.11. The number of nitrogens with one attached hydrogen (secondary N) is 1.